The number of nitrogens with zero attached hydrogens (tertiary/aromatic N) is 3. The largest absolute Gasteiger partial charge is 0.342 e. The molecule has 0 radical (unpaired) electrons. The van der Waals surface area contributed by atoms with Crippen LogP contribution >= 0.6 is 0 Å². The van der Waals surface area contributed by atoms with Gasteiger partial charge in [0, 0.05) is 38.4 Å². The monoisotopic (exact) mass is 391 g/mol. The van der Waals surface area contributed by atoms with Crippen molar-refractivity contribution < 1.29 is 4.79 Å². The lowest BCUT2D eigenvalue weighted by Crippen LogP contribution is -2.38. The third kappa shape index (κ3) is 5.66. The van der Waals surface area contributed by atoms with Gasteiger partial charge in [-0.1, -0.05) is 36.4 Å². The molecule has 4 nitrogen and oxygen atoms in total. The standard InChI is InChI=1S/C25H33N3O/c29-25(9-8-22-7-4-14-26-19-22)28-18-13-24(20-28)23-11-16-27(17-12-23)15-10-21-5-2-1-3-6-21/h1-7,14,19,23-24H,8-13,15-18,20H2/t24-/m0/s1. The lowest BCUT2D eigenvalue weighted by Gasteiger charge is -2.34. The molecular formula is C25H33N3O. The zero-order valence-electron chi connectivity index (χ0n) is 17.4. The molecule has 4 rings (SSSR count). The molecule has 1 amide bonds. The molecule has 4 heteroatoms. The second kappa shape index (κ2) is 10.0. The minimum absolute atomic E-state index is 0.316. The van der Waals surface area contributed by atoms with Crippen LogP contribution in [0.5, 0.6) is 0 Å². The molecule has 2 aromatic rings. The summed E-state index contributed by atoms with van der Waals surface area (Å²) in [4.78, 5) is 21.5. The summed E-state index contributed by atoms with van der Waals surface area (Å²) in [5.41, 5.74) is 2.59. The van der Waals surface area contributed by atoms with E-state index in [-0.39, 0.29) is 0 Å². The Bertz CT molecular complexity index is 756. The van der Waals surface area contributed by atoms with Crippen molar-refractivity contribution in [3.05, 3.63) is 66.0 Å². The smallest absolute Gasteiger partial charge is 0.222 e. The van der Waals surface area contributed by atoms with Gasteiger partial charge in [0.15, 0.2) is 0 Å². The van der Waals surface area contributed by atoms with Gasteiger partial charge in [0.05, 0.1) is 0 Å². The summed E-state index contributed by atoms with van der Waals surface area (Å²) in [5.74, 6) is 1.81. The molecule has 2 aliphatic heterocycles. The van der Waals surface area contributed by atoms with Gasteiger partial charge in [0.1, 0.15) is 0 Å². The van der Waals surface area contributed by atoms with E-state index in [2.05, 4.69) is 51.2 Å². The molecule has 0 aliphatic carbocycles. The number of benzene rings is 1. The van der Waals surface area contributed by atoms with Crippen LogP contribution in [0.1, 0.15) is 36.8 Å². The molecule has 29 heavy (non-hydrogen) atoms. The lowest BCUT2D eigenvalue weighted by atomic mass is 9.83. The first-order valence-electron chi connectivity index (χ1n) is 11.2. The lowest BCUT2D eigenvalue weighted by molar-refractivity contribution is -0.130. The van der Waals surface area contributed by atoms with Crippen molar-refractivity contribution in [3.63, 3.8) is 0 Å². The SMILES string of the molecule is O=C(CCc1cccnc1)N1CC[C@H](C2CCN(CCc3ccccc3)CC2)C1. The van der Waals surface area contributed by atoms with E-state index in [1.807, 2.05) is 12.3 Å². The number of hydrogen-bond donors (Lipinski definition) is 0. The predicted molar refractivity (Wildman–Crippen MR) is 117 cm³/mol. The molecule has 0 bridgehead atoms. The van der Waals surface area contributed by atoms with E-state index in [9.17, 15) is 4.79 Å². The maximum absolute atomic E-state index is 12.6. The van der Waals surface area contributed by atoms with Crippen molar-refractivity contribution in [1.82, 2.24) is 14.8 Å². The number of piperidine rings is 1. The summed E-state index contributed by atoms with van der Waals surface area (Å²) in [6.07, 6.45) is 9.97. The Balaban J connectivity index is 1.17. The molecule has 2 fully saturated rings. The molecule has 1 aromatic heterocycles. The fourth-order valence-corrected chi connectivity index (χ4v) is 4.93. The maximum atomic E-state index is 12.6. The van der Waals surface area contributed by atoms with E-state index in [1.54, 1.807) is 6.20 Å². The average Bonchev–Trinajstić information content (AvgIpc) is 3.28. The van der Waals surface area contributed by atoms with Gasteiger partial charge in [-0.15, -0.1) is 0 Å². The molecule has 2 saturated heterocycles. The predicted octanol–water partition coefficient (Wildman–Crippen LogP) is 3.82. The van der Waals surface area contributed by atoms with Crippen molar-refractivity contribution in [2.75, 3.05) is 32.7 Å². The average molecular weight is 392 g/mol. The van der Waals surface area contributed by atoms with Crippen LogP contribution in [0.15, 0.2) is 54.9 Å². The van der Waals surface area contributed by atoms with Gasteiger partial charge in [0.2, 0.25) is 5.91 Å². The molecule has 0 saturated carbocycles. The van der Waals surface area contributed by atoms with Gasteiger partial charge in [-0.3, -0.25) is 9.78 Å². The zero-order valence-corrected chi connectivity index (χ0v) is 17.4. The van der Waals surface area contributed by atoms with Crippen LogP contribution in [0.25, 0.3) is 0 Å². The topological polar surface area (TPSA) is 36.4 Å². The van der Waals surface area contributed by atoms with Gasteiger partial charge >= 0.3 is 0 Å². The van der Waals surface area contributed by atoms with Crippen LogP contribution in [0.3, 0.4) is 0 Å². The first-order valence-corrected chi connectivity index (χ1v) is 11.2. The minimum atomic E-state index is 0.316. The third-order valence-corrected chi connectivity index (χ3v) is 6.79. The molecule has 1 atom stereocenters. The summed E-state index contributed by atoms with van der Waals surface area (Å²) < 4.78 is 0. The highest BCUT2D eigenvalue weighted by Gasteiger charge is 2.33. The number of likely N-dealkylation sites (tertiary alicyclic amines) is 2. The highest BCUT2D eigenvalue weighted by atomic mass is 16.2. The summed E-state index contributed by atoms with van der Waals surface area (Å²) in [7, 11) is 0. The van der Waals surface area contributed by atoms with E-state index in [0.717, 1.165) is 37.4 Å². The van der Waals surface area contributed by atoms with E-state index in [1.165, 1.54) is 44.5 Å². The Labute approximate surface area is 174 Å². The number of carbonyl (C=O) groups is 1. The Kier molecular flexibility index (Phi) is 6.94. The van der Waals surface area contributed by atoms with Crippen molar-refractivity contribution in [1.29, 1.82) is 0 Å². The minimum Gasteiger partial charge on any atom is -0.342 e. The molecule has 3 heterocycles. The van der Waals surface area contributed by atoms with Crippen molar-refractivity contribution in [3.8, 4) is 0 Å². The summed E-state index contributed by atoms with van der Waals surface area (Å²) >= 11 is 0. The Hall–Kier alpha value is -2.20. The Morgan fingerprint density at radius 3 is 2.41 bits per heavy atom. The normalized spacial score (nSPS) is 20.8. The van der Waals surface area contributed by atoms with Gasteiger partial charge in [-0.05, 0) is 74.2 Å². The summed E-state index contributed by atoms with van der Waals surface area (Å²) in [5, 5.41) is 0. The molecule has 0 unspecified atom stereocenters. The third-order valence-electron chi connectivity index (χ3n) is 6.79. The van der Waals surface area contributed by atoms with E-state index in [0.29, 0.717) is 18.2 Å². The fourth-order valence-electron chi connectivity index (χ4n) is 4.93. The van der Waals surface area contributed by atoms with Gasteiger partial charge in [-0.2, -0.15) is 0 Å². The van der Waals surface area contributed by atoms with Gasteiger partial charge < -0.3 is 9.80 Å². The number of pyridine rings is 1. The van der Waals surface area contributed by atoms with Crippen LogP contribution in [0, 0.1) is 11.8 Å². The Morgan fingerprint density at radius 2 is 1.66 bits per heavy atom. The number of carbonyl (C=O) groups excluding carboxylic acids is 1. The number of amides is 1. The first kappa shape index (κ1) is 20.1. The van der Waals surface area contributed by atoms with Gasteiger partial charge in [0.25, 0.3) is 0 Å². The van der Waals surface area contributed by atoms with Gasteiger partial charge in [-0.25, -0.2) is 0 Å². The summed E-state index contributed by atoms with van der Waals surface area (Å²) in [6.45, 7) is 5.51. The molecule has 0 spiro atoms. The number of aromatic nitrogens is 1. The van der Waals surface area contributed by atoms with Crippen molar-refractivity contribution >= 4 is 5.91 Å². The molecule has 0 N–H and O–H groups in total. The van der Waals surface area contributed by atoms with E-state index < -0.39 is 0 Å². The zero-order chi connectivity index (χ0) is 19.9. The van der Waals surface area contributed by atoms with Crippen LogP contribution in [-0.2, 0) is 17.6 Å². The van der Waals surface area contributed by atoms with Crippen LogP contribution in [0.2, 0.25) is 0 Å². The van der Waals surface area contributed by atoms with Crippen molar-refractivity contribution in [2.24, 2.45) is 11.8 Å². The summed E-state index contributed by atoms with van der Waals surface area (Å²) in [6, 6.07) is 14.8. The molecule has 2 aliphatic rings. The number of aryl methyl sites for hydroxylation is 1. The highest BCUT2D eigenvalue weighted by molar-refractivity contribution is 5.76. The molecular weight excluding hydrogens is 358 g/mol. The number of hydrogen-bond acceptors (Lipinski definition) is 3. The van der Waals surface area contributed by atoms with Crippen LogP contribution in [-0.4, -0.2) is 53.4 Å². The first-order chi connectivity index (χ1) is 14.3. The van der Waals surface area contributed by atoms with Crippen LogP contribution < -0.4 is 0 Å². The Morgan fingerprint density at radius 1 is 0.897 bits per heavy atom. The van der Waals surface area contributed by atoms with E-state index in [4.69, 9.17) is 0 Å². The quantitative estimate of drug-likeness (QED) is 0.720. The van der Waals surface area contributed by atoms with Crippen LogP contribution in [0.4, 0.5) is 0 Å². The van der Waals surface area contributed by atoms with Crippen molar-refractivity contribution in [2.45, 2.75) is 38.5 Å². The second-order valence-corrected chi connectivity index (χ2v) is 8.66. The van der Waals surface area contributed by atoms with E-state index >= 15 is 0 Å². The molecule has 1 aromatic carbocycles. The highest BCUT2D eigenvalue weighted by Crippen LogP contribution is 2.32. The fraction of sp³-hybridized carbons (Fsp3) is 0.520. The number of rotatable bonds is 7. The maximum Gasteiger partial charge on any atom is 0.222 e. The second-order valence-electron chi connectivity index (χ2n) is 8.66. The molecule has 154 valence electrons.